The predicted octanol–water partition coefficient (Wildman–Crippen LogP) is 4.82. The molecule has 3 nitrogen and oxygen atoms in total. The molecule has 110 valence electrons. The first kappa shape index (κ1) is 16.0. The number of ether oxygens (including phenoxy) is 1. The fourth-order valence-electron chi connectivity index (χ4n) is 1.84. The van der Waals surface area contributed by atoms with E-state index in [4.69, 9.17) is 50.7 Å². The highest BCUT2D eigenvalue weighted by Gasteiger charge is 2.10. The van der Waals surface area contributed by atoms with Crippen molar-refractivity contribution in [2.75, 3.05) is 0 Å². The lowest BCUT2D eigenvalue weighted by Gasteiger charge is -2.12. The van der Waals surface area contributed by atoms with Gasteiger partial charge in [-0.05, 0) is 36.2 Å². The van der Waals surface area contributed by atoms with Gasteiger partial charge in [-0.25, -0.2) is 0 Å². The molecule has 0 aliphatic rings. The van der Waals surface area contributed by atoms with Crippen molar-refractivity contribution < 1.29 is 4.74 Å². The van der Waals surface area contributed by atoms with Gasteiger partial charge < -0.3 is 10.5 Å². The molecule has 2 aromatic carbocycles. The van der Waals surface area contributed by atoms with Gasteiger partial charge in [0.25, 0.3) is 0 Å². The fraction of sp³-hybridized carbons (Fsp3) is 0.133. The second-order valence-electron chi connectivity index (χ2n) is 4.54. The van der Waals surface area contributed by atoms with Gasteiger partial charge in [0.2, 0.25) is 0 Å². The highest BCUT2D eigenvalue weighted by Crippen LogP contribution is 2.36. The highest BCUT2D eigenvalue weighted by molar-refractivity contribution is 6.40. The number of nitrogens with one attached hydrogen (secondary N) is 1. The lowest BCUT2D eigenvalue weighted by Crippen LogP contribution is -2.11. The monoisotopic (exact) mass is 342 g/mol. The van der Waals surface area contributed by atoms with Crippen molar-refractivity contribution in [3.8, 4) is 5.75 Å². The summed E-state index contributed by atoms with van der Waals surface area (Å²) in [5, 5.41) is 8.60. The predicted molar refractivity (Wildman–Crippen MR) is 88.0 cm³/mol. The summed E-state index contributed by atoms with van der Waals surface area (Å²) in [5.74, 6) is 0.437. The minimum Gasteiger partial charge on any atom is -0.486 e. The zero-order valence-corrected chi connectivity index (χ0v) is 13.5. The molecule has 0 spiro atoms. The van der Waals surface area contributed by atoms with E-state index in [0.717, 1.165) is 11.1 Å². The van der Waals surface area contributed by atoms with Gasteiger partial charge in [0.1, 0.15) is 12.4 Å². The van der Waals surface area contributed by atoms with Crippen LogP contribution < -0.4 is 10.5 Å². The van der Waals surface area contributed by atoms with Gasteiger partial charge in [0.05, 0.1) is 10.0 Å². The number of halogens is 3. The molecule has 2 aromatic rings. The number of hydrogen-bond acceptors (Lipinski definition) is 2. The van der Waals surface area contributed by atoms with Crippen LogP contribution in [0.4, 0.5) is 0 Å². The van der Waals surface area contributed by atoms with Crippen LogP contribution in [0.2, 0.25) is 15.1 Å². The van der Waals surface area contributed by atoms with Gasteiger partial charge >= 0.3 is 0 Å². The van der Waals surface area contributed by atoms with Gasteiger partial charge in [0.15, 0.2) is 5.75 Å². The molecule has 0 heterocycles. The van der Waals surface area contributed by atoms with E-state index in [2.05, 4.69) is 0 Å². The molecule has 21 heavy (non-hydrogen) atoms. The number of hydrogen-bond donors (Lipinski definition) is 2. The Hall–Kier alpha value is -1.42. The first-order valence-corrected chi connectivity index (χ1v) is 7.23. The van der Waals surface area contributed by atoms with Crippen LogP contribution in [0.1, 0.15) is 16.7 Å². The fourth-order valence-corrected chi connectivity index (χ4v) is 2.77. The lowest BCUT2D eigenvalue weighted by molar-refractivity contribution is 0.306. The van der Waals surface area contributed by atoms with E-state index >= 15 is 0 Å². The Morgan fingerprint density at radius 2 is 1.76 bits per heavy atom. The quantitative estimate of drug-likeness (QED) is 0.617. The smallest absolute Gasteiger partial charge is 0.157 e. The normalized spacial score (nSPS) is 10.5. The Bertz CT molecular complexity index is 678. The average Bonchev–Trinajstić information content (AvgIpc) is 2.38. The van der Waals surface area contributed by atoms with Crippen molar-refractivity contribution in [2.45, 2.75) is 13.5 Å². The molecule has 0 unspecified atom stereocenters. The zero-order chi connectivity index (χ0) is 15.6. The highest BCUT2D eigenvalue weighted by atomic mass is 35.5. The maximum atomic E-state index is 7.41. The van der Waals surface area contributed by atoms with Crippen LogP contribution in [0.15, 0.2) is 30.3 Å². The molecule has 0 saturated carbocycles. The first-order valence-electron chi connectivity index (χ1n) is 6.09. The average molecular weight is 344 g/mol. The summed E-state index contributed by atoms with van der Waals surface area (Å²) in [4.78, 5) is 0. The molecule has 0 aromatic heterocycles. The molecule has 0 aliphatic carbocycles. The maximum Gasteiger partial charge on any atom is 0.157 e. The van der Waals surface area contributed by atoms with Crippen molar-refractivity contribution >= 4 is 40.6 Å². The van der Waals surface area contributed by atoms with Crippen LogP contribution in [-0.2, 0) is 6.61 Å². The molecule has 2 rings (SSSR count). The third-order valence-electron chi connectivity index (χ3n) is 2.99. The minimum absolute atomic E-state index is 0.0364. The Morgan fingerprint density at radius 1 is 1.14 bits per heavy atom. The standard InChI is InChI=1S/C15H13Cl3N2O/c1-8-4-9(15(19)20)2-3-10(8)7-21-14-12(17)5-11(16)6-13(14)18/h2-6H,7H2,1H3,(H3,19,20). The minimum atomic E-state index is 0.0364. The van der Waals surface area contributed by atoms with E-state index < -0.39 is 0 Å². The van der Waals surface area contributed by atoms with Crippen molar-refractivity contribution in [2.24, 2.45) is 5.73 Å². The summed E-state index contributed by atoms with van der Waals surface area (Å²) in [6.07, 6.45) is 0. The Kier molecular flexibility index (Phi) is 4.99. The third kappa shape index (κ3) is 3.82. The van der Waals surface area contributed by atoms with Crippen LogP contribution in [0.5, 0.6) is 5.75 Å². The number of aryl methyl sites for hydroxylation is 1. The van der Waals surface area contributed by atoms with E-state index in [1.807, 2.05) is 19.1 Å². The molecule has 0 amide bonds. The number of benzene rings is 2. The molecule has 0 fully saturated rings. The van der Waals surface area contributed by atoms with E-state index in [-0.39, 0.29) is 5.84 Å². The second kappa shape index (κ2) is 6.56. The molecule has 0 aliphatic heterocycles. The summed E-state index contributed by atoms with van der Waals surface area (Å²) in [5.41, 5.74) is 8.07. The molecular weight excluding hydrogens is 331 g/mol. The van der Waals surface area contributed by atoms with Crippen LogP contribution in [0.25, 0.3) is 0 Å². The second-order valence-corrected chi connectivity index (χ2v) is 5.79. The number of amidine groups is 1. The molecule has 0 saturated heterocycles. The van der Waals surface area contributed by atoms with E-state index in [9.17, 15) is 0 Å². The summed E-state index contributed by atoms with van der Waals surface area (Å²) in [6, 6.07) is 8.64. The summed E-state index contributed by atoms with van der Waals surface area (Å²) >= 11 is 18.0. The number of nitrogens with two attached hydrogens (primary N) is 1. The SMILES string of the molecule is Cc1cc(C(=N)N)ccc1COc1c(Cl)cc(Cl)cc1Cl. The molecule has 0 bridgehead atoms. The maximum absolute atomic E-state index is 7.41. The van der Waals surface area contributed by atoms with E-state index in [1.165, 1.54) is 0 Å². The lowest BCUT2D eigenvalue weighted by atomic mass is 10.1. The molecule has 0 radical (unpaired) electrons. The van der Waals surface area contributed by atoms with Crippen LogP contribution in [-0.4, -0.2) is 5.84 Å². The molecular formula is C15H13Cl3N2O. The summed E-state index contributed by atoms with van der Waals surface area (Å²) in [7, 11) is 0. The van der Waals surface area contributed by atoms with Crippen molar-refractivity contribution in [3.05, 3.63) is 62.1 Å². The van der Waals surface area contributed by atoms with Crippen molar-refractivity contribution in [3.63, 3.8) is 0 Å². The van der Waals surface area contributed by atoms with Crippen LogP contribution in [0.3, 0.4) is 0 Å². The van der Waals surface area contributed by atoms with E-state index in [0.29, 0.717) is 33.0 Å². The Labute approximate surface area is 138 Å². The van der Waals surface area contributed by atoms with Crippen molar-refractivity contribution in [1.82, 2.24) is 0 Å². The van der Waals surface area contributed by atoms with Gasteiger partial charge in [-0.3, -0.25) is 5.41 Å². The van der Waals surface area contributed by atoms with Gasteiger partial charge in [0, 0.05) is 10.6 Å². The van der Waals surface area contributed by atoms with Crippen LogP contribution >= 0.6 is 34.8 Å². The number of rotatable bonds is 4. The summed E-state index contributed by atoms with van der Waals surface area (Å²) in [6.45, 7) is 2.24. The molecule has 3 N–H and O–H groups in total. The molecule has 0 atom stereocenters. The first-order chi connectivity index (χ1) is 9.88. The summed E-state index contributed by atoms with van der Waals surface area (Å²) < 4.78 is 5.68. The number of nitrogen functional groups attached to an aromatic ring is 1. The zero-order valence-electron chi connectivity index (χ0n) is 11.2. The van der Waals surface area contributed by atoms with E-state index in [1.54, 1.807) is 18.2 Å². The van der Waals surface area contributed by atoms with Gasteiger partial charge in [-0.15, -0.1) is 0 Å². The van der Waals surface area contributed by atoms with Crippen LogP contribution in [0, 0.1) is 12.3 Å². The topological polar surface area (TPSA) is 59.1 Å². The van der Waals surface area contributed by atoms with Gasteiger partial charge in [-0.2, -0.15) is 0 Å². The van der Waals surface area contributed by atoms with Crippen molar-refractivity contribution in [1.29, 1.82) is 5.41 Å². The molecule has 6 heteroatoms. The Morgan fingerprint density at radius 3 is 2.29 bits per heavy atom. The third-order valence-corrected chi connectivity index (χ3v) is 3.77. The van der Waals surface area contributed by atoms with Gasteiger partial charge in [-0.1, -0.05) is 46.9 Å². The Balaban J connectivity index is 2.19. The largest absolute Gasteiger partial charge is 0.486 e.